The van der Waals surface area contributed by atoms with Crippen molar-refractivity contribution in [3.05, 3.63) is 151 Å². The fourth-order valence-electron chi connectivity index (χ4n) is 6.02. The predicted molar refractivity (Wildman–Crippen MR) is 172 cm³/mol. The van der Waals surface area contributed by atoms with E-state index >= 15 is 0 Å². The molecule has 0 saturated heterocycles. The van der Waals surface area contributed by atoms with Crippen molar-refractivity contribution in [3.8, 4) is 50.2 Å². The number of para-hydroxylation sites is 1. The van der Waals surface area contributed by atoms with Crippen LogP contribution in [0.1, 0.15) is 5.82 Å². The van der Waals surface area contributed by atoms with Gasteiger partial charge in [-0.3, -0.25) is 4.57 Å². The third-order valence-electron chi connectivity index (χ3n) is 7.91. The molecule has 0 aliphatic carbocycles. The summed E-state index contributed by atoms with van der Waals surface area (Å²) in [6.07, 6.45) is 0. The molecule has 0 radical (unpaired) electrons. The summed E-state index contributed by atoms with van der Waals surface area (Å²) in [6, 6.07) is 52.3. The average molecular weight is 543 g/mol. The average Bonchev–Trinajstić information content (AvgIpc) is 3.44. The van der Waals surface area contributed by atoms with Crippen LogP contribution in [0.3, 0.4) is 0 Å². The minimum Gasteiger partial charge on any atom is -0.294 e. The molecule has 194 valence electrons. The molecule has 0 bridgehead atoms. The molecule has 0 unspecified atom stereocenters. The van der Waals surface area contributed by atoms with E-state index in [9.17, 15) is 0 Å². The maximum atomic E-state index is 5.07. The molecule has 0 atom stereocenters. The molecule has 2 nitrogen and oxygen atoms in total. The van der Waals surface area contributed by atoms with Crippen LogP contribution in [-0.2, 0) is 5.75 Å². The quantitative estimate of drug-likeness (QED) is 0.220. The first-order valence-electron chi connectivity index (χ1n) is 13.9. The maximum absolute atomic E-state index is 5.07. The first kappa shape index (κ1) is 24.0. The van der Waals surface area contributed by atoms with Gasteiger partial charge in [0.05, 0.1) is 22.5 Å². The van der Waals surface area contributed by atoms with Crippen molar-refractivity contribution in [3.63, 3.8) is 0 Å². The van der Waals surface area contributed by atoms with Gasteiger partial charge in [-0.05, 0) is 74.8 Å². The molecule has 0 spiro atoms. The molecule has 8 rings (SSSR count). The van der Waals surface area contributed by atoms with E-state index in [0.29, 0.717) is 0 Å². The molecule has 1 aliphatic heterocycles. The van der Waals surface area contributed by atoms with Gasteiger partial charge in [0.25, 0.3) is 0 Å². The highest BCUT2D eigenvalue weighted by atomic mass is 32.2. The van der Waals surface area contributed by atoms with E-state index in [0.717, 1.165) is 22.6 Å². The Kier molecular flexibility index (Phi) is 5.82. The first-order chi connectivity index (χ1) is 20.3. The molecule has 0 fully saturated rings. The van der Waals surface area contributed by atoms with E-state index in [2.05, 4.69) is 150 Å². The van der Waals surface area contributed by atoms with Crippen LogP contribution >= 0.6 is 11.8 Å². The Bertz CT molecular complexity index is 1980. The van der Waals surface area contributed by atoms with Gasteiger partial charge in [0.2, 0.25) is 0 Å². The number of hydrogen-bond acceptors (Lipinski definition) is 2. The van der Waals surface area contributed by atoms with Gasteiger partial charge in [0.1, 0.15) is 5.82 Å². The van der Waals surface area contributed by atoms with Crippen LogP contribution in [0.4, 0.5) is 0 Å². The Balaban J connectivity index is 1.28. The molecular weight excluding hydrogens is 516 g/mol. The van der Waals surface area contributed by atoms with Gasteiger partial charge in [-0.25, -0.2) is 4.98 Å². The second kappa shape index (κ2) is 9.96. The summed E-state index contributed by atoms with van der Waals surface area (Å²) >= 11 is 1.86. The second-order valence-electron chi connectivity index (χ2n) is 10.4. The number of aromatic nitrogens is 2. The smallest absolute Gasteiger partial charge is 0.124 e. The molecule has 7 aromatic rings. The van der Waals surface area contributed by atoms with Crippen LogP contribution in [0.2, 0.25) is 0 Å². The lowest BCUT2D eigenvalue weighted by Gasteiger charge is -2.18. The Morgan fingerprint density at radius 3 is 1.88 bits per heavy atom. The SMILES string of the molecule is c1ccc(-c2cccc(-c3ccccc3)c2-c2cccc(-c3ccc4c(c3)nc3n4-c4ccccc4SC3)c2)cc1. The highest BCUT2D eigenvalue weighted by Crippen LogP contribution is 2.42. The number of rotatable bonds is 4. The fraction of sp³-hybridized carbons (Fsp3) is 0.0263. The van der Waals surface area contributed by atoms with E-state index < -0.39 is 0 Å². The number of fused-ring (bicyclic) bond motifs is 5. The van der Waals surface area contributed by atoms with Crippen LogP contribution in [0, 0.1) is 0 Å². The summed E-state index contributed by atoms with van der Waals surface area (Å²) in [5.41, 5.74) is 13.1. The minimum absolute atomic E-state index is 0.884. The lowest BCUT2D eigenvalue weighted by molar-refractivity contribution is 0.945. The number of imidazole rings is 1. The van der Waals surface area contributed by atoms with Gasteiger partial charge in [-0.2, -0.15) is 0 Å². The van der Waals surface area contributed by atoms with Gasteiger partial charge in [-0.15, -0.1) is 11.8 Å². The summed E-state index contributed by atoms with van der Waals surface area (Å²) in [6.45, 7) is 0. The molecule has 3 heteroatoms. The Morgan fingerprint density at radius 2 is 1.12 bits per heavy atom. The molecule has 1 aliphatic rings. The van der Waals surface area contributed by atoms with Gasteiger partial charge >= 0.3 is 0 Å². The standard InChI is InChI=1S/C38H26N2S/c1-3-11-26(12-4-1)31-17-10-18-32(27-13-5-2-6-14-27)38(31)30-16-9-15-28(23-30)29-21-22-34-33(24-29)39-37-25-41-36-20-8-7-19-35(36)40(34)37/h1-24H,25H2. The molecule has 6 aromatic carbocycles. The zero-order valence-corrected chi connectivity index (χ0v) is 23.2. The summed E-state index contributed by atoms with van der Waals surface area (Å²) in [5, 5.41) is 0. The Labute approximate surface area is 244 Å². The van der Waals surface area contributed by atoms with Crippen LogP contribution in [0.5, 0.6) is 0 Å². The fourth-order valence-corrected chi connectivity index (χ4v) is 6.98. The van der Waals surface area contributed by atoms with Crippen LogP contribution < -0.4 is 0 Å². The monoisotopic (exact) mass is 542 g/mol. The summed E-state index contributed by atoms with van der Waals surface area (Å²) in [7, 11) is 0. The Morgan fingerprint density at radius 1 is 0.512 bits per heavy atom. The first-order valence-corrected chi connectivity index (χ1v) is 14.9. The molecule has 0 amide bonds. The van der Waals surface area contributed by atoms with Crippen molar-refractivity contribution in [1.29, 1.82) is 0 Å². The van der Waals surface area contributed by atoms with Gasteiger partial charge in [0, 0.05) is 4.90 Å². The third-order valence-corrected chi connectivity index (χ3v) is 8.96. The van der Waals surface area contributed by atoms with E-state index in [-0.39, 0.29) is 0 Å². The van der Waals surface area contributed by atoms with Crippen LogP contribution in [0.25, 0.3) is 61.2 Å². The highest BCUT2D eigenvalue weighted by molar-refractivity contribution is 7.98. The maximum Gasteiger partial charge on any atom is 0.124 e. The minimum atomic E-state index is 0.884. The van der Waals surface area contributed by atoms with E-state index in [1.54, 1.807) is 0 Å². The predicted octanol–water partition coefficient (Wildman–Crippen LogP) is 10.3. The zero-order chi connectivity index (χ0) is 27.2. The Hall–Kier alpha value is -4.86. The number of thioether (sulfide) groups is 1. The lowest BCUT2D eigenvalue weighted by Crippen LogP contribution is -2.05. The van der Waals surface area contributed by atoms with Crippen molar-refractivity contribution >= 4 is 22.8 Å². The van der Waals surface area contributed by atoms with Crippen molar-refractivity contribution in [2.75, 3.05) is 0 Å². The normalized spacial score (nSPS) is 12.2. The van der Waals surface area contributed by atoms with Gasteiger partial charge in [-0.1, -0.05) is 115 Å². The molecular formula is C38H26N2S. The molecule has 0 saturated carbocycles. The second-order valence-corrected chi connectivity index (χ2v) is 11.4. The largest absolute Gasteiger partial charge is 0.294 e. The summed E-state index contributed by atoms with van der Waals surface area (Å²) < 4.78 is 2.32. The van der Waals surface area contributed by atoms with Gasteiger partial charge < -0.3 is 0 Å². The topological polar surface area (TPSA) is 17.8 Å². The van der Waals surface area contributed by atoms with E-state index in [4.69, 9.17) is 4.98 Å². The number of hydrogen-bond donors (Lipinski definition) is 0. The molecule has 2 heterocycles. The molecule has 41 heavy (non-hydrogen) atoms. The zero-order valence-electron chi connectivity index (χ0n) is 22.4. The van der Waals surface area contributed by atoms with E-state index in [1.807, 2.05) is 11.8 Å². The highest BCUT2D eigenvalue weighted by Gasteiger charge is 2.21. The van der Waals surface area contributed by atoms with Crippen LogP contribution in [-0.4, -0.2) is 9.55 Å². The number of nitrogens with zero attached hydrogens (tertiary/aromatic N) is 2. The van der Waals surface area contributed by atoms with Crippen molar-refractivity contribution in [2.24, 2.45) is 0 Å². The molecule has 1 aromatic heterocycles. The lowest BCUT2D eigenvalue weighted by atomic mass is 9.86. The number of benzene rings is 6. The van der Waals surface area contributed by atoms with Crippen molar-refractivity contribution in [1.82, 2.24) is 9.55 Å². The summed E-state index contributed by atoms with van der Waals surface area (Å²) in [4.78, 5) is 6.38. The van der Waals surface area contributed by atoms with Crippen LogP contribution in [0.15, 0.2) is 150 Å². The summed E-state index contributed by atoms with van der Waals surface area (Å²) in [5.74, 6) is 1.99. The molecule has 0 N–H and O–H groups in total. The van der Waals surface area contributed by atoms with Crippen molar-refractivity contribution < 1.29 is 0 Å². The van der Waals surface area contributed by atoms with Gasteiger partial charge in [0.15, 0.2) is 0 Å². The van der Waals surface area contributed by atoms with Crippen molar-refractivity contribution in [2.45, 2.75) is 10.6 Å². The third kappa shape index (κ3) is 4.18. The van der Waals surface area contributed by atoms with E-state index in [1.165, 1.54) is 55.1 Å².